The summed E-state index contributed by atoms with van der Waals surface area (Å²) >= 11 is 0. The number of esters is 1. The van der Waals surface area contributed by atoms with Gasteiger partial charge < -0.3 is 9.64 Å². The Hall–Kier alpha value is -2.69. The number of hydrogen-bond acceptors (Lipinski definition) is 3. The second kappa shape index (κ2) is 7.91. The average molecular weight is 369 g/mol. The maximum Gasteiger partial charge on any atom is 0.314 e. The van der Waals surface area contributed by atoms with E-state index in [2.05, 4.69) is 0 Å². The van der Waals surface area contributed by atoms with Crippen LogP contribution >= 0.6 is 0 Å². The second-order valence-electron chi connectivity index (χ2n) is 7.22. The number of carbonyl (C=O) groups excluding carboxylic acids is 2. The van der Waals surface area contributed by atoms with E-state index in [1.807, 2.05) is 32.9 Å². The highest BCUT2D eigenvalue weighted by atomic mass is 19.1. The Balaban J connectivity index is 1.59. The highest BCUT2D eigenvalue weighted by Crippen LogP contribution is 2.27. The highest BCUT2D eigenvalue weighted by Gasteiger charge is 2.29. The Morgan fingerprint density at radius 3 is 2.11 bits per heavy atom. The molecule has 142 valence electrons. The first-order valence-electron chi connectivity index (χ1n) is 9.19. The van der Waals surface area contributed by atoms with Crippen LogP contribution in [0.25, 0.3) is 0 Å². The fourth-order valence-corrected chi connectivity index (χ4v) is 3.61. The molecule has 0 aliphatic carbocycles. The van der Waals surface area contributed by atoms with Crippen molar-refractivity contribution in [2.75, 3.05) is 13.1 Å². The summed E-state index contributed by atoms with van der Waals surface area (Å²) in [5.74, 6) is -0.321. The van der Waals surface area contributed by atoms with Crippen LogP contribution in [0.5, 0.6) is 5.75 Å². The van der Waals surface area contributed by atoms with Crippen molar-refractivity contribution in [3.8, 4) is 5.75 Å². The molecular weight excluding hydrogens is 345 g/mol. The molecule has 1 amide bonds. The number of likely N-dealkylation sites (tertiary alicyclic amines) is 1. The maximum absolute atomic E-state index is 13.0. The SMILES string of the molecule is Cc1cc(C)c(OC(=O)C2CCN(C(=O)c3ccc(F)cc3)CC2)c(C)c1. The number of ether oxygens (including phenoxy) is 1. The van der Waals surface area contributed by atoms with Crippen LogP contribution in [-0.2, 0) is 4.79 Å². The van der Waals surface area contributed by atoms with E-state index in [0.717, 1.165) is 16.7 Å². The number of carbonyl (C=O) groups is 2. The first-order chi connectivity index (χ1) is 12.8. The van der Waals surface area contributed by atoms with Gasteiger partial charge in [-0.1, -0.05) is 17.7 Å². The van der Waals surface area contributed by atoms with Crippen molar-refractivity contribution in [1.29, 1.82) is 0 Å². The quantitative estimate of drug-likeness (QED) is 0.601. The van der Waals surface area contributed by atoms with Crippen LogP contribution in [0.2, 0.25) is 0 Å². The van der Waals surface area contributed by atoms with E-state index in [4.69, 9.17) is 4.74 Å². The highest BCUT2D eigenvalue weighted by molar-refractivity contribution is 5.94. The Morgan fingerprint density at radius 1 is 1.00 bits per heavy atom. The summed E-state index contributed by atoms with van der Waals surface area (Å²) < 4.78 is 18.7. The summed E-state index contributed by atoms with van der Waals surface area (Å²) in [7, 11) is 0. The molecule has 0 aromatic heterocycles. The van der Waals surface area contributed by atoms with Crippen LogP contribution in [0.15, 0.2) is 36.4 Å². The number of amides is 1. The summed E-state index contributed by atoms with van der Waals surface area (Å²) in [6.45, 7) is 6.86. The summed E-state index contributed by atoms with van der Waals surface area (Å²) in [5, 5.41) is 0. The number of rotatable bonds is 3. The molecule has 27 heavy (non-hydrogen) atoms. The lowest BCUT2D eigenvalue weighted by Crippen LogP contribution is -2.41. The second-order valence-corrected chi connectivity index (χ2v) is 7.22. The molecule has 0 bridgehead atoms. The summed E-state index contributed by atoms with van der Waals surface area (Å²) in [5.41, 5.74) is 3.50. The van der Waals surface area contributed by atoms with Gasteiger partial charge in [0.05, 0.1) is 5.92 Å². The smallest absolute Gasteiger partial charge is 0.314 e. The number of halogens is 1. The van der Waals surface area contributed by atoms with Crippen molar-refractivity contribution < 1.29 is 18.7 Å². The van der Waals surface area contributed by atoms with E-state index in [-0.39, 0.29) is 23.6 Å². The number of hydrogen-bond donors (Lipinski definition) is 0. The van der Waals surface area contributed by atoms with E-state index >= 15 is 0 Å². The van der Waals surface area contributed by atoms with Gasteiger partial charge in [0.2, 0.25) is 0 Å². The van der Waals surface area contributed by atoms with E-state index in [1.54, 1.807) is 4.90 Å². The lowest BCUT2D eigenvalue weighted by molar-refractivity contribution is -0.140. The fourth-order valence-electron chi connectivity index (χ4n) is 3.61. The lowest BCUT2D eigenvalue weighted by Gasteiger charge is -2.31. The van der Waals surface area contributed by atoms with Crippen molar-refractivity contribution in [1.82, 2.24) is 4.90 Å². The lowest BCUT2D eigenvalue weighted by atomic mass is 9.96. The van der Waals surface area contributed by atoms with E-state index in [1.165, 1.54) is 24.3 Å². The van der Waals surface area contributed by atoms with Gasteiger partial charge in [-0.2, -0.15) is 0 Å². The Labute approximate surface area is 158 Å². The topological polar surface area (TPSA) is 46.6 Å². The van der Waals surface area contributed by atoms with Gasteiger partial charge in [-0.15, -0.1) is 0 Å². The molecule has 0 radical (unpaired) electrons. The molecule has 1 aliphatic heterocycles. The molecule has 0 unspecified atom stereocenters. The Morgan fingerprint density at radius 2 is 1.56 bits per heavy atom. The molecule has 4 nitrogen and oxygen atoms in total. The van der Waals surface area contributed by atoms with Crippen LogP contribution < -0.4 is 4.74 Å². The van der Waals surface area contributed by atoms with Gasteiger partial charge in [0.15, 0.2) is 0 Å². The third-order valence-corrected chi connectivity index (χ3v) is 5.01. The molecule has 2 aromatic rings. The maximum atomic E-state index is 13.0. The molecule has 1 fully saturated rings. The van der Waals surface area contributed by atoms with Crippen molar-refractivity contribution >= 4 is 11.9 Å². The molecule has 5 heteroatoms. The van der Waals surface area contributed by atoms with Crippen molar-refractivity contribution in [2.45, 2.75) is 33.6 Å². The predicted octanol–water partition coefficient (Wildman–Crippen LogP) is 4.21. The van der Waals surface area contributed by atoms with Crippen molar-refractivity contribution in [3.05, 3.63) is 64.5 Å². The van der Waals surface area contributed by atoms with Gasteiger partial charge in [-0.3, -0.25) is 9.59 Å². The van der Waals surface area contributed by atoms with Gasteiger partial charge in [0.25, 0.3) is 5.91 Å². The molecule has 0 N–H and O–H groups in total. The number of benzene rings is 2. The van der Waals surface area contributed by atoms with Crippen LogP contribution in [0.4, 0.5) is 4.39 Å². The van der Waals surface area contributed by atoms with Crippen LogP contribution in [0.1, 0.15) is 39.9 Å². The third kappa shape index (κ3) is 4.35. The van der Waals surface area contributed by atoms with Gasteiger partial charge in [0.1, 0.15) is 11.6 Å². The van der Waals surface area contributed by atoms with Gasteiger partial charge in [0, 0.05) is 18.7 Å². The minimum absolute atomic E-state index is 0.132. The van der Waals surface area contributed by atoms with Crippen molar-refractivity contribution in [2.24, 2.45) is 5.92 Å². The number of nitrogens with zero attached hydrogens (tertiary/aromatic N) is 1. The standard InChI is InChI=1S/C22H24FNO3/c1-14-12-15(2)20(16(3)13-14)27-22(26)18-8-10-24(11-9-18)21(25)17-4-6-19(23)7-5-17/h4-7,12-13,18H,8-11H2,1-3H3. The van der Waals surface area contributed by atoms with Crippen molar-refractivity contribution in [3.63, 3.8) is 0 Å². The molecule has 1 aliphatic rings. The molecule has 1 heterocycles. The molecule has 0 atom stereocenters. The Kier molecular flexibility index (Phi) is 5.59. The predicted molar refractivity (Wildman–Crippen MR) is 101 cm³/mol. The zero-order valence-electron chi connectivity index (χ0n) is 15.9. The molecular formula is C22H24FNO3. The zero-order valence-corrected chi connectivity index (χ0v) is 15.9. The average Bonchev–Trinajstić information content (AvgIpc) is 2.64. The third-order valence-electron chi connectivity index (χ3n) is 5.01. The molecule has 1 saturated heterocycles. The normalized spacial score (nSPS) is 14.9. The largest absolute Gasteiger partial charge is 0.426 e. The first-order valence-corrected chi connectivity index (χ1v) is 9.19. The number of aryl methyl sites for hydroxylation is 3. The van der Waals surface area contributed by atoms with Crippen LogP contribution in [0.3, 0.4) is 0 Å². The Bertz CT molecular complexity index is 829. The molecule has 0 spiro atoms. The minimum atomic E-state index is -0.366. The van der Waals surface area contributed by atoms with Crippen LogP contribution in [-0.4, -0.2) is 29.9 Å². The van der Waals surface area contributed by atoms with E-state index in [9.17, 15) is 14.0 Å². The van der Waals surface area contributed by atoms with E-state index in [0.29, 0.717) is 37.2 Å². The summed E-state index contributed by atoms with van der Waals surface area (Å²) in [4.78, 5) is 26.8. The minimum Gasteiger partial charge on any atom is -0.426 e. The summed E-state index contributed by atoms with van der Waals surface area (Å²) in [6.07, 6.45) is 1.13. The first kappa shape index (κ1) is 19.1. The molecule has 0 saturated carbocycles. The fraction of sp³-hybridized carbons (Fsp3) is 0.364. The van der Waals surface area contributed by atoms with E-state index < -0.39 is 0 Å². The van der Waals surface area contributed by atoms with Gasteiger partial charge in [-0.25, -0.2) is 4.39 Å². The zero-order chi connectivity index (χ0) is 19.6. The molecule has 3 rings (SSSR count). The summed E-state index contributed by atoms with van der Waals surface area (Å²) in [6, 6.07) is 9.54. The number of piperidine rings is 1. The van der Waals surface area contributed by atoms with Crippen LogP contribution in [0, 0.1) is 32.5 Å². The van der Waals surface area contributed by atoms with Gasteiger partial charge in [-0.05, 0) is 69.0 Å². The van der Waals surface area contributed by atoms with Gasteiger partial charge >= 0.3 is 5.97 Å². The monoisotopic (exact) mass is 369 g/mol. The molecule has 2 aromatic carbocycles.